The Morgan fingerprint density at radius 2 is 1.94 bits per heavy atom. The quantitative estimate of drug-likeness (QED) is 0.799. The minimum atomic E-state index is 0.0774. The van der Waals surface area contributed by atoms with Crippen LogP contribution in [0.15, 0.2) is 12.3 Å². The Kier molecular flexibility index (Phi) is 5.09. The van der Waals surface area contributed by atoms with E-state index in [1.54, 1.807) is 0 Å². The molecule has 3 nitrogen and oxygen atoms in total. The van der Waals surface area contributed by atoms with Crippen LogP contribution in [0.2, 0.25) is 0 Å². The number of nitrogens with zero attached hydrogens (tertiary/aromatic N) is 1. The fourth-order valence-corrected chi connectivity index (χ4v) is 3.05. The molecule has 0 aromatic rings. The van der Waals surface area contributed by atoms with Gasteiger partial charge in [0.15, 0.2) is 0 Å². The maximum Gasteiger partial charge on any atom is 0.321 e. The predicted octanol–water partition coefficient (Wildman–Crippen LogP) is 3.52. The highest BCUT2D eigenvalue weighted by Crippen LogP contribution is 2.24. The van der Waals surface area contributed by atoms with Gasteiger partial charge in [0, 0.05) is 19.3 Å². The first-order valence-corrected chi connectivity index (χ1v) is 7.48. The van der Waals surface area contributed by atoms with Crippen LogP contribution in [0.4, 0.5) is 4.79 Å². The summed E-state index contributed by atoms with van der Waals surface area (Å²) >= 11 is 0. The molecule has 1 unspecified atom stereocenters. The first-order valence-electron chi connectivity index (χ1n) is 7.48. The highest BCUT2D eigenvalue weighted by molar-refractivity contribution is 5.75. The van der Waals surface area contributed by atoms with Crippen LogP contribution in [0.1, 0.15) is 51.9 Å². The van der Waals surface area contributed by atoms with Crippen molar-refractivity contribution in [2.24, 2.45) is 11.8 Å². The summed E-state index contributed by atoms with van der Waals surface area (Å²) in [5.74, 6) is 1.33. The summed E-state index contributed by atoms with van der Waals surface area (Å²) in [7, 11) is 0. The summed E-state index contributed by atoms with van der Waals surface area (Å²) in [6.45, 7) is 4.04. The lowest BCUT2D eigenvalue weighted by Gasteiger charge is -2.30. The van der Waals surface area contributed by atoms with Crippen molar-refractivity contribution >= 4 is 6.03 Å². The van der Waals surface area contributed by atoms with Crippen LogP contribution in [0.25, 0.3) is 0 Å². The van der Waals surface area contributed by atoms with Crippen LogP contribution in [-0.4, -0.2) is 24.0 Å². The minimum Gasteiger partial charge on any atom is -0.324 e. The molecule has 102 valence electrons. The molecule has 0 bridgehead atoms. The molecule has 0 radical (unpaired) electrons. The van der Waals surface area contributed by atoms with Gasteiger partial charge in [0.25, 0.3) is 0 Å². The van der Waals surface area contributed by atoms with Crippen molar-refractivity contribution in [1.29, 1.82) is 0 Å². The van der Waals surface area contributed by atoms with E-state index in [1.165, 1.54) is 38.5 Å². The average molecular weight is 250 g/mol. The minimum absolute atomic E-state index is 0.0774. The number of allylic oxidation sites excluding steroid dienone is 1. The second-order valence-corrected chi connectivity index (χ2v) is 5.90. The van der Waals surface area contributed by atoms with E-state index in [0.717, 1.165) is 19.5 Å². The molecule has 2 fully saturated rings. The van der Waals surface area contributed by atoms with E-state index in [1.807, 2.05) is 11.1 Å². The lowest BCUT2D eigenvalue weighted by atomic mass is 9.89. The van der Waals surface area contributed by atoms with E-state index >= 15 is 0 Å². The van der Waals surface area contributed by atoms with Crippen molar-refractivity contribution in [2.45, 2.75) is 51.9 Å². The molecular formula is C15H26N2O. The first kappa shape index (κ1) is 13.4. The Morgan fingerprint density at radius 3 is 2.67 bits per heavy atom. The molecule has 1 atom stereocenters. The number of likely N-dealkylation sites (tertiary alicyclic amines) is 1. The van der Waals surface area contributed by atoms with Crippen molar-refractivity contribution in [3.8, 4) is 0 Å². The molecule has 1 aliphatic carbocycles. The Balaban J connectivity index is 1.71. The molecule has 1 aliphatic heterocycles. The zero-order chi connectivity index (χ0) is 12.8. The molecule has 1 N–H and O–H groups in total. The third kappa shape index (κ3) is 4.04. The number of piperidine rings is 1. The largest absolute Gasteiger partial charge is 0.324 e. The van der Waals surface area contributed by atoms with Gasteiger partial charge in [-0.15, -0.1) is 0 Å². The van der Waals surface area contributed by atoms with E-state index in [0.29, 0.717) is 11.8 Å². The number of amides is 2. The molecule has 2 aliphatic rings. The fraction of sp³-hybridized carbons (Fsp3) is 0.800. The van der Waals surface area contributed by atoms with E-state index in [4.69, 9.17) is 0 Å². The molecule has 2 amide bonds. The topological polar surface area (TPSA) is 32.3 Å². The zero-order valence-corrected chi connectivity index (χ0v) is 11.5. The molecule has 0 aromatic heterocycles. The average Bonchev–Trinajstić information content (AvgIpc) is 2.40. The SMILES string of the molecule is CC1CCCN(C(=O)N/C=C/C2CCCCC2)C1. The lowest BCUT2D eigenvalue weighted by Crippen LogP contribution is -2.43. The number of hydrogen-bond acceptors (Lipinski definition) is 1. The molecule has 3 heteroatoms. The van der Waals surface area contributed by atoms with E-state index in [2.05, 4.69) is 18.3 Å². The van der Waals surface area contributed by atoms with Gasteiger partial charge in [-0.3, -0.25) is 0 Å². The van der Waals surface area contributed by atoms with Gasteiger partial charge in [-0.25, -0.2) is 4.79 Å². The van der Waals surface area contributed by atoms with E-state index < -0.39 is 0 Å². The first-order chi connectivity index (χ1) is 8.75. The second kappa shape index (κ2) is 6.81. The van der Waals surface area contributed by atoms with Gasteiger partial charge in [0.05, 0.1) is 0 Å². The third-order valence-corrected chi connectivity index (χ3v) is 4.17. The fourth-order valence-electron chi connectivity index (χ4n) is 3.05. The van der Waals surface area contributed by atoms with Crippen molar-refractivity contribution in [3.05, 3.63) is 12.3 Å². The number of hydrogen-bond donors (Lipinski definition) is 1. The summed E-state index contributed by atoms with van der Waals surface area (Å²) in [5.41, 5.74) is 0. The summed E-state index contributed by atoms with van der Waals surface area (Å²) in [6.07, 6.45) is 13.1. The van der Waals surface area contributed by atoms with Gasteiger partial charge in [0.1, 0.15) is 0 Å². The Labute approximate surface area is 111 Å². The molecule has 1 heterocycles. The van der Waals surface area contributed by atoms with Crippen LogP contribution in [0.5, 0.6) is 0 Å². The summed E-state index contributed by atoms with van der Waals surface area (Å²) in [4.78, 5) is 13.9. The number of carbonyl (C=O) groups is 1. The van der Waals surface area contributed by atoms with Crippen molar-refractivity contribution in [2.75, 3.05) is 13.1 Å². The molecule has 0 aromatic carbocycles. The summed E-state index contributed by atoms with van der Waals surface area (Å²) in [6, 6.07) is 0.0774. The standard InChI is InChI=1S/C15H26N2O/c1-13-6-5-11-17(12-13)15(18)16-10-9-14-7-3-2-4-8-14/h9-10,13-14H,2-8,11-12H2,1H3,(H,16,18)/b10-9+. The molecule has 1 saturated heterocycles. The van der Waals surface area contributed by atoms with Gasteiger partial charge in [0.2, 0.25) is 0 Å². The predicted molar refractivity (Wildman–Crippen MR) is 74.2 cm³/mol. The lowest BCUT2D eigenvalue weighted by molar-refractivity contribution is 0.173. The van der Waals surface area contributed by atoms with Crippen LogP contribution < -0.4 is 5.32 Å². The normalized spacial score (nSPS) is 26.5. The maximum atomic E-state index is 11.9. The van der Waals surface area contributed by atoms with Gasteiger partial charge >= 0.3 is 6.03 Å². The zero-order valence-electron chi connectivity index (χ0n) is 11.5. The van der Waals surface area contributed by atoms with Crippen LogP contribution in [0.3, 0.4) is 0 Å². The van der Waals surface area contributed by atoms with Gasteiger partial charge in [-0.1, -0.05) is 32.3 Å². The van der Waals surface area contributed by atoms with Crippen LogP contribution in [-0.2, 0) is 0 Å². The smallest absolute Gasteiger partial charge is 0.321 e. The molecule has 18 heavy (non-hydrogen) atoms. The Morgan fingerprint density at radius 1 is 1.17 bits per heavy atom. The second-order valence-electron chi connectivity index (χ2n) is 5.90. The van der Waals surface area contributed by atoms with E-state index in [-0.39, 0.29) is 6.03 Å². The summed E-state index contributed by atoms with van der Waals surface area (Å²) in [5, 5.41) is 2.93. The van der Waals surface area contributed by atoms with Crippen LogP contribution in [0, 0.1) is 11.8 Å². The molecule has 0 spiro atoms. The number of nitrogens with one attached hydrogen (secondary N) is 1. The molecule has 2 rings (SSSR count). The third-order valence-electron chi connectivity index (χ3n) is 4.17. The van der Waals surface area contributed by atoms with Gasteiger partial charge in [-0.05, 0) is 37.5 Å². The monoisotopic (exact) mass is 250 g/mol. The highest BCUT2D eigenvalue weighted by Gasteiger charge is 2.20. The Bertz CT molecular complexity index is 295. The number of carbonyl (C=O) groups excluding carboxylic acids is 1. The van der Waals surface area contributed by atoms with Gasteiger partial charge < -0.3 is 10.2 Å². The van der Waals surface area contributed by atoms with E-state index in [9.17, 15) is 4.79 Å². The number of urea groups is 1. The highest BCUT2D eigenvalue weighted by atomic mass is 16.2. The Hall–Kier alpha value is -0.990. The molecule has 1 saturated carbocycles. The maximum absolute atomic E-state index is 11.9. The number of rotatable bonds is 2. The van der Waals surface area contributed by atoms with Crippen LogP contribution >= 0.6 is 0 Å². The summed E-state index contributed by atoms with van der Waals surface area (Å²) < 4.78 is 0. The molecular weight excluding hydrogens is 224 g/mol. The van der Waals surface area contributed by atoms with Crippen molar-refractivity contribution < 1.29 is 4.79 Å². The van der Waals surface area contributed by atoms with Crippen molar-refractivity contribution in [1.82, 2.24) is 10.2 Å². The van der Waals surface area contributed by atoms with Crippen molar-refractivity contribution in [3.63, 3.8) is 0 Å². The van der Waals surface area contributed by atoms with Gasteiger partial charge in [-0.2, -0.15) is 0 Å².